The Bertz CT molecular complexity index is 1230. The van der Waals surface area contributed by atoms with Crippen LogP contribution in [0, 0.1) is 6.92 Å². The lowest BCUT2D eigenvalue weighted by Crippen LogP contribution is -2.19. The summed E-state index contributed by atoms with van der Waals surface area (Å²) in [5.74, 6) is 0.592. The van der Waals surface area contributed by atoms with E-state index in [0.717, 1.165) is 40.1 Å². The first kappa shape index (κ1) is 21.6. The van der Waals surface area contributed by atoms with Gasteiger partial charge in [-0.3, -0.25) is 9.30 Å². The largest absolute Gasteiger partial charge is 0.352 e. The van der Waals surface area contributed by atoms with Crippen molar-refractivity contribution in [3.63, 3.8) is 0 Å². The van der Waals surface area contributed by atoms with Gasteiger partial charge in [-0.15, -0.1) is 0 Å². The summed E-state index contributed by atoms with van der Waals surface area (Å²) in [6, 6.07) is 14.6. The standard InChI is InChI=1S/C25H28N6O/c1-17(2)27-25-26-11-9-21(28-25)24-23(20-7-5-18(3)6-8-20)29-22-15-19(10-12-31(22)24)16-30(4)13-14-32/h5-12,14-15,17H,13,16H2,1-4H3,(H,26,27,28). The van der Waals surface area contributed by atoms with E-state index in [1.54, 1.807) is 6.20 Å². The molecular formula is C25H28N6O. The highest BCUT2D eigenvalue weighted by Gasteiger charge is 2.18. The van der Waals surface area contributed by atoms with E-state index in [1.807, 2.05) is 24.2 Å². The second kappa shape index (κ2) is 9.28. The van der Waals surface area contributed by atoms with Gasteiger partial charge in [-0.2, -0.15) is 0 Å². The van der Waals surface area contributed by atoms with Crippen LogP contribution in [0.2, 0.25) is 0 Å². The number of benzene rings is 1. The first-order valence-corrected chi connectivity index (χ1v) is 10.7. The summed E-state index contributed by atoms with van der Waals surface area (Å²) < 4.78 is 2.07. The number of nitrogens with one attached hydrogen (secondary N) is 1. The molecule has 0 atom stereocenters. The van der Waals surface area contributed by atoms with E-state index in [-0.39, 0.29) is 6.04 Å². The molecule has 0 amide bonds. The molecule has 0 unspecified atom stereocenters. The Morgan fingerprint density at radius 3 is 2.62 bits per heavy atom. The Labute approximate surface area is 188 Å². The van der Waals surface area contributed by atoms with Crippen molar-refractivity contribution in [3.8, 4) is 22.6 Å². The molecule has 0 aliphatic rings. The Morgan fingerprint density at radius 2 is 1.91 bits per heavy atom. The lowest BCUT2D eigenvalue weighted by atomic mass is 10.1. The van der Waals surface area contributed by atoms with Crippen LogP contribution < -0.4 is 5.32 Å². The number of likely N-dealkylation sites (N-methyl/N-ethyl adjacent to an activating group) is 1. The highest BCUT2D eigenvalue weighted by atomic mass is 16.1. The topological polar surface area (TPSA) is 75.4 Å². The molecule has 32 heavy (non-hydrogen) atoms. The average Bonchev–Trinajstić information content (AvgIpc) is 3.13. The third-order valence-electron chi connectivity index (χ3n) is 5.17. The van der Waals surface area contributed by atoms with Gasteiger partial charge in [0.05, 0.1) is 23.6 Å². The summed E-state index contributed by atoms with van der Waals surface area (Å²) in [6.45, 7) is 7.26. The summed E-state index contributed by atoms with van der Waals surface area (Å²) in [4.78, 5) is 26.9. The summed E-state index contributed by atoms with van der Waals surface area (Å²) in [5, 5.41) is 3.28. The molecule has 0 saturated heterocycles. The second-order valence-corrected chi connectivity index (χ2v) is 8.37. The van der Waals surface area contributed by atoms with Crippen molar-refractivity contribution in [1.29, 1.82) is 0 Å². The van der Waals surface area contributed by atoms with Crippen LogP contribution >= 0.6 is 0 Å². The van der Waals surface area contributed by atoms with Gasteiger partial charge in [-0.25, -0.2) is 15.0 Å². The molecule has 3 aromatic heterocycles. The predicted molar refractivity (Wildman–Crippen MR) is 128 cm³/mol. The number of pyridine rings is 1. The van der Waals surface area contributed by atoms with Crippen molar-refractivity contribution in [1.82, 2.24) is 24.3 Å². The van der Waals surface area contributed by atoms with Gasteiger partial charge in [0.1, 0.15) is 11.9 Å². The Balaban J connectivity index is 1.86. The molecule has 3 heterocycles. The number of hydrogen-bond acceptors (Lipinski definition) is 6. The van der Waals surface area contributed by atoms with Gasteiger partial charge in [0, 0.05) is 30.5 Å². The predicted octanol–water partition coefficient (Wildman–Crippen LogP) is 4.22. The maximum Gasteiger partial charge on any atom is 0.223 e. The molecule has 164 valence electrons. The number of imidazole rings is 1. The molecule has 4 rings (SSSR count). The normalized spacial score (nSPS) is 11.4. The molecule has 0 aliphatic heterocycles. The van der Waals surface area contributed by atoms with Crippen LogP contribution in [0.5, 0.6) is 0 Å². The SMILES string of the molecule is Cc1ccc(-c2nc3cc(CN(C)CC=O)ccn3c2-c2ccnc(NC(C)C)n2)cc1. The number of carbonyl (C=O) groups is 1. The molecule has 1 N–H and O–H groups in total. The number of nitrogens with zero attached hydrogens (tertiary/aromatic N) is 5. The van der Waals surface area contributed by atoms with E-state index >= 15 is 0 Å². The van der Waals surface area contributed by atoms with Crippen molar-refractivity contribution >= 4 is 17.9 Å². The molecule has 0 radical (unpaired) electrons. The number of carbonyl (C=O) groups excluding carboxylic acids is 1. The summed E-state index contributed by atoms with van der Waals surface area (Å²) in [6.07, 6.45) is 4.71. The number of aryl methyl sites for hydroxylation is 1. The zero-order chi connectivity index (χ0) is 22.7. The van der Waals surface area contributed by atoms with Crippen LogP contribution in [0.3, 0.4) is 0 Å². The van der Waals surface area contributed by atoms with Crippen molar-refractivity contribution in [2.75, 3.05) is 18.9 Å². The van der Waals surface area contributed by atoms with Gasteiger partial charge in [0.2, 0.25) is 5.95 Å². The number of fused-ring (bicyclic) bond motifs is 1. The molecule has 0 saturated carbocycles. The Hall–Kier alpha value is -3.58. The molecule has 7 nitrogen and oxygen atoms in total. The minimum absolute atomic E-state index is 0.231. The molecule has 7 heteroatoms. The van der Waals surface area contributed by atoms with E-state index in [4.69, 9.17) is 9.97 Å². The van der Waals surface area contributed by atoms with E-state index in [2.05, 4.69) is 71.9 Å². The minimum atomic E-state index is 0.231. The molecular weight excluding hydrogens is 400 g/mol. The Morgan fingerprint density at radius 1 is 1.12 bits per heavy atom. The number of rotatable bonds is 8. The fourth-order valence-corrected chi connectivity index (χ4v) is 3.66. The Kier molecular flexibility index (Phi) is 6.28. The zero-order valence-corrected chi connectivity index (χ0v) is 18.9. The molecule has 0 aliphatic carbocycles. The van der Waals surface area contributed by atoms with E-state index in [9.17, 15) is 4.79 Å². The van der Waals surface area contributed by atoms with Crippen LogP contribution in [0.15, 0.2) is 54.9 Å². The smallest absolute Gasteiger partial charge is 0.223 e. The molecule has 0 fully saturated rings. The van der Waals surface area contributed by atoms with Gasteiger partial charge in [-0.1, -0.05) is 29.8 Å². The molecule has 0 spiro atoms. The van der Waals surface area contributed by atoms with E-state index < -0.39 is 0 Å². The van der Waals surface area contributed by atoms with Crippen LogP contribution in [0.4, 0.5) is 5.95 Å². The highest BCUT2D eigenvalue weighted by molar-refractivity contribution is 5.81. The number of hydrogen-bond donors (Lipinski definition) is 1. The number of aldehydes is 1. The third kappa shape index (κ3) is 4.68. The third-order valence-corrected chi connectivity index (χ3v) is 5.17. The lowest BCUT2D eigenvalue weighted by molar-refractivity contribution is -0.108. The lowest BCUT2D eigenvalue weighted by Gasteiger charge is -2.13. The van der Waals surface area contributed by atoms with E-state index in [1.165, 1.54) is 5.56 Å². The molecule has 4 aromatic rings. The van der Waals surface area contributed by atoms with Gasteiger partial charge in [-0.05, 0) is 51.6 Å². The first-order valence-electron chi connectivity index (χ1n) is 10.7. The monoisotopic (exact) mass is 428 g/mol. The van der Waals surface area contributed by atoms with Gasteiger partial charge >= 0.3 is 0 Å². The van der Waals surface area contributed by atoms with Crippen LogP contribution in [0.25, 0.3) is 28.3 Å². The van der Waals surface area contributed by atoms with Crippen LogP contribution in [-0.4, -0.2) is 50.2 Å². The fraction of sp³-hybridized carbons (Fsp3) is 0.280. The van der Waals surface area contributed by atoms with Crippen molar-refractivity contribution in [3.05, 3.63) is 66.0 Å². The van der Waals surface area contributed by atoms with Crippen molar-refractivity contribution in [2.24, 2.45) is 0 Å². The molecule has 1 aromatic carbocycles. The number of aromatic nitrogens is 4. The maximum atomic E-state index is 10.8. The second-order valence-electron chi connectivity index (χ2n) is 8.37. The summed E-state index contributed by atoms with van der Waals surface area (Å²) in [7, 11) is 1.93. The number of anilines is 1. The maximum absolute atomic E-state index is 10.8. The summed E-state index contributed by atoms with van der Waals surface area (Å²) >= 11 is 0. The quantitative estimate of drug-likeness (QED) is 0.424. The van der Waals surface area contributed by atoms with Crippen LogP contribution in [-0.2, 0) is 11.3 Å². The highest BCUT2D eigenvalue weighted by Crippen LogP contribution is 2.32. The average molecular weight is 429 g/mol. The fourth-order valence-electron chi connectivity index (χ4n) is 3.66. The minimum Gasteiger partial charge on any atom is -0.352 e. The van der Waals surface area contributed by atoms with Gasteiger partial charge in [0.15, 0.2) is 0 Å². The van der Waals surface area contributed by atoms with Crippen molar-refractivity contribution in [2.45, 2.75) is 33.4 Å². The summed E-state index contributed by atoms with van der Waals surface area (Å²) in [5.41, 5.74) is 6.76. The van der Waals surface area contributed by atoms with Crippen molar-refractivity contribution < 1.29 is 4.79 Å². The molecule has 0 bridgehead atoms. The van der Waals surface area contributed by atoms with Gasteiger partial charge < -0.3 is 10.1 Å². The van der Waals surface area contributed by atoms with E-state index in [0.29, 0.717) is 19.0 Å². The first-order chi connectivity index (χ1) is 15.4. The zero-order valence-electron chi connectivity index (χ0n) is 18.9. The van der Waals surface area contributed by atoms with Gasteiger partial charge in [0.25, 0.3) is 0 Å². The van der Waals surface area contributed by atoms with Crippen LogP contribution in [0.1, 0.15) is 25.0 Å².